The molecule has 1 unspecified atom stereocenters. The van der Waals surface area contributed by atoms with Crippen LogP contribution in [0.15, 0.2) is 18.2 Å². The molecule has 0 bridgehead atoms. The Hall–Kier alpha value is -1.26. The minimum absolute atomic E-state index is 0.557. The zero-order valence-corrected chi connectivity index (χ0v) is 13.2. The fourth-order valence-electron chi connectivity index (χ4n) is 3.33. The molecule has 0 amide bonds. The van der Waals surface area contributed by atoms with E-state index in [2.05, 4.69) is 0 Å². The molecule has 0 aliphatic heterocycles. The lowest BCUT2D eigenvalue weighted by molar-refractivity contribution is -0.115. The van der Waals surface area contributed by atoms with Crippen LogP contribution in [0.2, 0.25) is 0 Å². The van der Waals surface area contributed by atoms with Crippen LogP contribution in [0.1, 0.15) is 50.2 Å². The molecule has 1 aromatic carbocycles. The Kier molecular flexibility index (Phi) is 5.48. The summed E-state index contributed by atoms with van der Waals surface area (Å²) in [5, 5.41) is 11.1. The highest BCUT2D eigenvalue weighted by Crippen LogP contribution is 2.45. The summed E-state index contributed by atoms with van der Waals surface area (Å²) >= 11 is 0. The zero-order chi connectivity index (χ0) is 15.3. The highest BCUT2D eigenvalue weighted by atomic mass is 16.5. The third-order valence-corrected chi connectivity index (χ3v) is 4.59. The molecule has 2 rings (SSSR count). The van der Waals surface area contributed by atoms with Gasteiger partial charge in [-0.2, -0.15) is 0 Å². The van der Waals surface area contributed by atoms with Gasteiger partial charge in [-0.3, -0.25) is 0 Å². The molecule has 0 heterocycles. The van der Waals surface area contributed by atoms with Gasteiger partial charge in [0.05, 0.1) is 25.4 Å². The lowest BCUT2D eigenvalue weighted by atomic mass is 9.83. The van der Waals surface area contributed by atoms with Crippen molar-refractivity contribution >= 4 is 0 Å². The first-order valence-corrected chi connectivity index (χ1v) is 7.62. The minimum atomic E-state index is -0.758. The van der Waals surface area contributed by atoms with Crippen molar-refractivity contribution in [2.75, 3.05) is 21.3 Å². The highest BCUT2D eigenvalue weighted by molar-refractivity contribution is 5.47. The first-order chi connectivity index (χ1) is 10.2. The number of methoxy groups -OCH3 is 3. The summed E-state index contributed by atoms with van der Waals surface area (Å²) in [5.74, 6) is 1.28. The number of aliphatic hydroxyl groups is 1. The van der Waals surface area contributed by atoms with Crippen molar-refractivity contribution in [1.29, 1.82) is 0 Å². The van der Waals surface area contributed by atoms with Crippen LogP contribution in [0.25, 0.3) is 0 Å². The summed E-state index contributed by atoms with van der Waals surface area (Å²) in [6.45, 7) is 0. The number of hydrogen-bond donors (Lipinski definition) is 1. The Labute approximate surface area is 127 Å². The first kappa shape index (κ1) is 16.1. The summed E-state index contributed by atoms with van der Waals surface area (Å²) in [5.41, 5.74) is 0.129. The van der Waals surface area contributed by atoms with Gasteiger partial charge in [0.2, 0.25) is 0 Å². The van der Waals surface area contributed by atoms with E-state index in [1.165, 1.54) is 12.8 Å². The molecular formula is C17H26O4. The van der Waals surface area contributed by atoms with Gasteiger partial charge in [-0.25, -0.2) is 0 Å². The molecule has 118 valence electrons. The van der Waals surface area contributed by atoms with Crippen molar-refractivity contribution < 1.29 is 19.3 Å². The lowest BCUT2D eigenvalue weighted by Gasteiger charge is -2.37. The molecule has 1 saturated carbocycles. The van der Waals surface area contributed by atoms with Gasteiger partial charge < -0.3 is 19.3 Å². The molecule has 1 fully saturated rings. The Morgan fingerprint density at radius 2 is 1.48 bits per heavy atom. The number of hydrogen-bond acceptors (Lipinski definition) is 4. The Bertz CT molecular complexity index is 428. The maximum atomic E-state index is 11.1. The van der Waals surface area contributed by atoms with Gasteiger partial charge in [0.15, 0.2) is 0 Å². The molecular weight excluding hydrogens is 268 g/mol. The van der Waals surface area contributed by atoms with E-state index in [9.17, 15) is 5.11 Å². The first-order valence-electron chi connectivity index (χ1n) is 7.62. The summed E-state index contributed by atoms with van der Waals surface area (Å²) in [7, 11) is 4.91. The topological polar surface area (TPSA) is 47.9 Å². The van der Waals surface area contributed by atoms with Crippen LogP contribution in [0.4, 0.5) is 0 Å². The molecule has 4 heteroatoms. The van der Waals surface area contributed by atoms with Crippen LogP contribution in [0, 0.1) is 0 Å². The Balaban J connectivity index is 2.43. The Morgan fingerprint density at radius 1 is 0.952 bits per heavy atom. The molecule has 0 radical (unpaired) electrons. The largest absolute Gasteiger partial charge is 0.496 e. The maximum absolute atomic E-state index is 11.1. The van der Waals surface area contributed by atoms with Gasteiger partial charge in [-0.15, -0.1) is 0 Å². The SMILES string of the molecule is COc1cccc(OC)c1C(O)C1(OC)CCCCCC1. The molecule has 1 N–H and O–H groups in total. The van der Waals surface area contributed by atoms with E-state index in [0.29, 0.717) is 17.1 Å². The van der Waals surface area contributed by atoms with Gasteiger partial charge >= 0.3 is 0 Å². The van der Waals surface area contributed by atoms with Crippen LogP contribution in [0.5, 0.6) is 11.5 Å². The van der Waals surface area contributed by atoms with Crippen LogP contribution in [-0.2, 0) is 4.74 Å². The van der Waals surface area contributed by atoms with Crippen LogP contribution < -0.4 is 9.47 Å². The number of ether oxygens (including phenoxy) is 3. The molecule has 1 aliphatic carbocycles. The maximum Gasteiger partial charge on any atom is 0.128 e. The summed E-state index contributed by atoms with van der Waals surface area (Å²) in [6.07, 6.45) is 5.48. The standard InChI is InChI=1S/C17H26O4/c1-19-13-9-8-10-14(20-2)15(13)16(18)17(21-3)11-6-4-5-7-12-17/h8-10,16,18H,4-7,11-12H2,1-3H3. The average molecular weight is 294 g/mol. The lowest BCUT2D eigenvalue weighted by Crippen LogP contribution is -2.38. The van der Waals surface area contributed by atoms with Gasteiger partial charge in [-0.05, 0) is 25.0 Å². The third-order valence-electron chi connectivity index (χ3n) is 4.59. The van der Waals surface area contributed by atoms with Gasteiger partial charge in [0.25, 0.3) is 0 Å². The smallest absolute Gasteiger partial charge is 0.128 e. The molecule has 0 spiro atoms. The van der Waals surface area contributed by atoms with E-state index in [1.54, 1.807) is 21.3 Å². The van der Waals surface area contributed by atoms with E-state index in [-0.39, 0.29) is 0 Å². The van der Waals surface area contributed by atoms with Crippen LogP contribution in [-0.4, -0.2) is 32.0 Å². The van der Waals surface area contributed by atoms with Gasteiger partial charge in [-0.1, -0.05) is 31.7 Å². The van der Waals surface area contributed by atoms with Gasteiger partial charge in [0.1, 0.15) is 17.6 Å². The molecule has 0 saturated heterocycles. The van der Waals surface area contributed by atoms with E-state index < -0.39 is 11.7 Å². The molecule has 4 nitrogen and oxygen atoms in total. The van der Waals surface area contributed by atoms with Crippen LogP contribution >= 0.6 is 0 Å². The van der Waals surface area contributed by atoms with Crippen LogP contribution in [0.3, 0.4) is 0 Å². The third kappa shape index (κ3) is 3.16. The predicted molar refractivity (Wildman–Crippen MR) is 81.9 cm³/mol. The van der Waals surface area contributed by atoms with Crippen molar-refractivity contribution in [3.05, 3.63) is 23.8 Å². The molecule has 1 aliphatic rings. The second-order valence-corrected chi connectivity index (χ2v) is 5.66. The fourth-order valence-corrected chi connectivity index (χ4v) is 3.33. The molecule has 0 aromatic heterocycles. The number of benzene rings is 1. The van der Waals surface area contributed by atoms with E-state index in [1.807, 2.05) is 18.2 Å². The second kappa shape index (κ2) is 7.14. The summed E-state index contributed by atoms with van der Waals surface area (Å²) in [4.78, 5) is 0. The fraction of sp³-hybridized carbons (Fsp3) is 0.647. The molecule has 1 aromatic rings. The second-order valence-electron chi connectivity index (χ2n) is 5.66. The average Bonchev–Trinajstić information content (AvgIpc) is 2.79. The van der Waals surface area contributed by atoms with Crippen molar-refractivity contribution in [2.24, 2.45) is 0 Å². The zero-order valence-electron chi connectivity index (χ0n) is 13.2. The van der Waals surface area contributed by atoms with Crippen molar-refractivity contribution in [2.45, 2.75) is 50.2 Å². The van der Waals surface area contributed by atoms with E-state index >= 15 is 0 Å². The molecule has 21 heavy (non-hydrogen) atoms. The quantitative estimate of drug-likeness (QED) is 0.845. The predicted octanol–water partition coefficient (Wildman–Crippen LogP) is 3.48. The monoisotopic (exact) mass is 294 g/mol. The van der Waals surface area contributed by atoms with Crippen molar-refractivity contribution in [3.8, 4) is 11.5 Å². The van der Waals surface area contributed by atoms with Crippen molar-refractivity contribution in [1.82, 2.24) is 0 Å². The minimum Gasteiger partial charge on any atom is -0.496 e. The summed E-state index contributed by atoms with van der Waals surface area (Å²) in [6, 6.07) is 5.56. The Morgan fingerprint density at radius 3 is 1.90 bits per heavy atom. The van der Waals surface area contributed by atoms with Crippen molar-refractivity contribution in [3.63, 3.8) is 0 Å². The van der Waals surface area contributed by atoms with E-state index in [4.69, 9.17) is 14.2 Å². The number of aliphatic hydroxyl groups excluding tert-OH is 1. The highest BCUT2D eigenvalue weighted by Gasteiger charge is 2.41. The molecule has 1 atom stereocenters. The van der Waals surface area contributed by atoms with E-state index in [0.717, 1.165) is 25.7 Å². The number of rotatable bonds is 5. The normalized spacial score (nSPS) is 19.6. The summed E-state index contributed by atoms with van der Waals surface area (Å²) < 4.78 is 16.7. The van der Waals surface area contributed by atoms with Gasteiger partial charge in [0, 0.05) is 7.11 Å².